The predicted molar refractivity (Wildman–Crippen MR) is 95.8 cm³/mol. The second-order valence-corrected chi connectivity index (χ2v) is 6.15. The van der Waals surface area contributed by atoms with Crippen molar-refractivity contribution < 1.29 is 13.9 Å². The number of ether oxygens (including phenoxy) is 1. The lowest BCUT2D eigenvalue weighted by Gasteiger charge is -2.28. The van der Waals surface area contributed by atoms with Gasteiger partial charge in [0.05, 0.1) is 12.5 Å². The number of rotatable bonds is 8. The highest BCUT2D eigenvalue weighted by Gasteiger charge is 2.26. The Kier molecular flexibility index (Phi) is 7.37. The van der Waals surface area contributed by atoms with Crippen LogP contribution in [0.25, 0.3) is 0 Å². The fraction of sp³-hybridized carbons (Fsp3) is 0.316. The minimum absolute atomic E-state index is 0.0625. The molecule has 1 N–H and O–H groups in total. The molecule has 0 aliphatic rings. The van der Waals surface area contributed by atoms with Crippen LogP contribution in [0.3, 0.4) is 0 Å². The zero-order valence-electron chi connectivity index (χ0n) is 13.9. The number of carbonyl (C=O) groups is 1. The monoisotopic (exact) mass is 364 g/mol. The van der Waals surface area contributed by atoms with Gasteiger partial charge in [-0.05, 0) is 48.7 Å². The molecule has 0 aliphatic carbocycles. The first-order chi connectivity index (χ1) is 12.0. The Morgan fingerprint density at radius 2 is 1.84 bits per heavy atom. The third kappa shape index (κ3) is 5.81. The van der Waals surface area contributed by atoms with Crippen molar-refractivity contribution in [2.45, 2.75) is 31.8 Å². The second-order valence-electron chi connectivity index (χ2n) is 5.71. The van der Waals surface area contributed by atoms with Gasteiger partial charge in [0.1, 0.15) is 5.82 Å². The summed E-state index contributed by atoms with van der Waals surface area (Å²) in [5.74, 6) is -1.18. The summed E-state index contributed by atoms with van der Waals surface area (Å²) in [6.45, 7) is 2.22. The molecule has 0 unspecified atom stereocenters. The van der Waals surface area contributed by atoms with Crippen LogP contribution in [0.1, 0.15) is 30.4 Å². The molecule has 0 spiro atoms. The van der Waals surface area contributed by atoms with Gasteiger partial charge in [-0.3, -0.25) is 4.79 Å². The van der Waals surface area contributed by atoms with E-state index in [9.17, 15) is 14.4 Å². The number of hydroxylamine groups is 1. The summed E-state index contributed by atoms with van der Waals surface area (Å²) in [6, 6.07) is 13.5. The normalized spacial score (nSPS) is 13.3. The van der Waals surface area contributed by atoms with Gasteiger partial charge in [-0.15, -0.1) is 0 Å². The number of hydrogen-bond acceptors (Lipinski definition) is 3. The first-order valence-corrected chi connectivity index (χ1v) is 8.43. The van der Waals surface area contributed by atoms with Crippen molar-refractivity contribution in [2.24, 2.45) is 0 Å². The zero-order chi connectivity index (χ0) is 18.2. The van der Waals surface area contributed by atoms with Gasteiger partial charge in [0, 0.05) is 17.5 Å². The number of amides is 1. The van der Waals surface area contributed by atoms with Gasteiger partial charge >= 0.3 is 0 Å². The summed E-state index contributed by atoms with van der Waals surface area (Å²) in [5.41, 5.74) is 3.24. The van der Waals surface area contributed by atoms with E-state index < -0.39 is 12.0 Å². The van der Waals surface area contributed by atoms with E-state index in [-0.39, 0.29) is 18.2 Å². The van der Waals surface area contributed by atoms with Gasteiger partial charge in [-0.25, -0.2) is 4.39 Å². The number of benzene rings is 2. The Bertz CT molecular complexity index is 676. The number of carbonyl (C=O) groups excluding carboxylic acids is 1. The molecule has 2 aromatic rings. The van der Waals surface area contributed by atoms with E-state index in [0.717, 1.165) is 11.1 Å². The summed E-state index contributed by atoms with van der Waals surface area (Å²) >= 11 is 5.93. The van der Waals surface area contributed by atoms with Crippen molar-refractivity contribution in [1.29, 1.82) is 0 Å². The van der Waals surface area contributed by atoms with Crippen LogP contribution in [0.2, 0.25) is 5.02 Å². The van der Waals surface area contributed by atoms with Crippen LogP contribution in [-0.4, -0.2) is 18.6 Å². The molecule has 2 rings (SSSR count). The number of halogens is 2. The highest BCUT2D eigenvalue weighted by Crippen LogP contribution is 2.29. The Morgan fingerprint density at radius 1 is 1.20 bits per heavy atom. The fourth-order valence-corrected chi connectivity index (χ4v) is 2.93. The lowest BCUT2D eigenvalue weighted by atomic mass is 9.85. The summed E-state index contributed by atoms with van der Waals surface area (Å²) in [4.78, 5) is 11.6. The Morgan fingerprint density at radius 3 is 2.40 bits per heavy atom. The Balaban J connectivity index is 2.32. The van der Waals surface area contributed by atoms with E-state index in [4.69, 9.17) is 16.3 Å². The third-order valence-corrected chi connectivity index (χ3v) is 4.25. The average Bonchev–Trinajstić information content (AvgIpc) is 2.61. The molecule has 0 bridgehead atoms. The maximum Gasteiger partial charge on any atom is 0.212 e. The summed E-state index contributed by atoms with van der Waals surface area (Å²) in [5, 5.41) is 11.3. The molecule has 4 nitrogen and oxygen atoms in total. The molecular weight excluding hydrogens is 345 g/mol. The first kappa shape index (κ1) is 19.4. The number of hydrogen-bond donors (Lipinski definition) is 1. The van der Waals surface area contributed by atoms with Crippen LogP contribution in [0.4, 0.5) is 4.39 Å². The van der Waals surface area contributed by atoms with Gasteiger partial charge in [-0.1, -0.05) is 35.9 Å². The van der Waals surface area contributed by atoms with Gasteiger partial charge in [0.2, 0.25) is 5.91 Å². The smallest absolute Gasteiger partial charge is 0.212 e. The van der Waals surface area contributed by atoms with Crippen molar-refractivity contribution in [3.63, 3.8) is 0 Å². The molecule has 0 saturated carbocycles. The molecule has 0 aliphatic heterocycles. The highest BCUT2D eigenvalue weighted by molar-refractivity contribution is 6.30. The third-order valence-electron chi connectivity index (χ3n) is 4.00. The lowest BCUT2D eigenvalue weighted by Crippen LogP contribution is -2.31. The largest absolute Gasteiger partial charge is 0.759 e. The van der Waals surface area contributed by atoms with Crippen LogP contribution in [0.15, 0.2) is 48.5 Å². The van der Waals surface area contributed by atoms with Gasteiger partial charge in [0.25, 0.3) is 0 Å². The predicted octanol–water partition coefficient (Wildman–Crippen LogP) is 4.21. The van der Waals surface area contributed by atoms with Gasteiger partial charge < -0.3 is 15.4 Å². The SMILES string of the molecule is CCO[C@H](CC(=O)N[O-])[C@H](Cc1ccc(Cl)cc1)c1ccc(F)cc1. The van der Waals surface area contributed by atoms with E-state index in [1.54, 1.807) is 24.3 Å². The molecule has 134 valence electrons. The fourth-order valence-electron chi connectivity index (χ4n) is 2.80. The molecule has 1 amide bonds. The van der Waals surface area contributed by atoms with Crippen molar-refractivity contribution in [3.05, 3.63) is 75.7 Å². The van der Waals surface area contributed by atoms with Crippen molar-refractivity contribution >= 4 is 17.5 Å². The molecule has 2 atom stereocenters. The standard InChI is InChI=1S/C19H20ClFNO3/c1-2-25-18(12-19(23)22-24)17(14-5-9-16(21)10-6-14)11-13-3-7-15(20)8-4-13/h3-10,17-18H,2,11-12H2,1H3,(H-,22,23,24)/q-1/t17-,18-/m1/s1. The highest BCUT2D eigenvalue weighted by atomic mass is 35.5. The van der Waals surface area contributed by atoms with Crippen molar-refractivity contribution in [1.82, 2.24) is 5.48 Å². The maximum absolute atomic E-state index is 13.3. The van der Waals surface area contributed by atoms with Crippen LogP contribution in [0.5, 0.6) is 0 Å². The van der Waals surface area contributed by atoms with E-state index >= 15 is 0 Å². The Labute approximate surface area is 151 Å². The summed E-state index contributed by atoms with van der Waals surface area (Å²) in [6.07, 6.45) is 0.00661. The second kappa shape index (κ2) is 9.51. The molecule has 25 heavy (non-hydrogen) atoms. The van der Waals surface area contributed by atoms with Gasteiger partial charge in [-0.2, -0.15) is 0 Å². The molecular formula is C19H20ClFNO3-. The Hall–Kier alpha value is -1.95. The topological polar surface area (TPSA) is 61.4 Å². The summed E-state index contributed by atoms with van der Waals surface area (Å²) < 4.78 is 19.0. The van der Waals surface area contributed by atoms with Crippen LogP contribution in [-0.2, 0) is 16.0 Å². The first-order valence-electron chi connectivity index (χ1n) is 8.06. The quantitative estimate of drug-likeness (QED) is 0.713. The molecule has 6 heteroatoms. The van der Waals surface area contributed by atoms with Gasteiger partial charge in [0.15, 0.2) is 0 Å². The molecule has 0 aromatic heterocycles. The molecule has 0 radical (unpaired) electrons. The zero-order valence-corrected chi connectivity index (χ0v) is 14.6. The maximum atomic E-state index is 13.3. The molecule has 0 saturated heterocycles. The van der Waals surface area contributed by atoms with E-state index in [0.29, 0.717) is 18.1 Å². The molecule has 0 heterocycles. The molecule has 2 aromatic carbocycles. The summed E-state index contributed by atoms with van der Waals surface area (Å²) in [7, 11) is 0. The van der Waals surface area contributed by atoms with Crippen LogP contribution in [0, 0.1) is 11.0 Å². The minimum atomic E-state index is -0.637. The average molecular weight is 365 g/mol. The van der Waals surface area contributed by atoms with E-state index in [1.807, 2.05) is 19.1 Å². The van der Waals surface area contributed by atoms with Crippen molar-refractivity contribution in [2.75, 3.05) is 6.61 Å². The van der Waals surface area contributed by atoms with Crippen LogP contribution < -0.4 is 5.48 Å². The van der Waals surface area contributed by atoms with Crippen molar-refractivity contribution in [3.8, 4) is 0 Å². The van der Waals surface area contributed by atoms with E-state index in [1.165, 1.54) is 17.6 Å². The lowest BCUT2D eigenvalue weighted by molar-refractivity contribution is -0.123. The number of nitrogens with one attached hydrogen (secondary N) is 1. The van der Waals surface area contributed by atoms with E-state index in [2.05, 4.69) is 0 Å². The minimum Gasteiger partial charge on any atom is -0.759 e. The van der Waals surface area contributed by atoms with Crippen LogP contribution >= 0.6 is 11.6 Å². The molecule has 0 fully saturated rings.